The molecular weight excluding hydrogens is 274 g/mol. The van der Waals surface area contributed by atoms with Gasteiger partial charge in [0.25, 0.3) is 10.2 Å². The number of benzene rings is 1. The minimum Gasteiger partial charge on any atom is -0.326 e. The van der Waals surface area contributed by atoms with Crippen molar-refractivity contribution < 1.29 is 8.42 Å². The number of nitrogens with zero attached hydrogens (tertiary/aromatic N) is 2. The average Bonchev–Trinajstić information content (AvgIpc) is 2.45. The maximum absolute atomic E-state index is 12.5. The summed E-state index contributed by atoms with van der Waals surface area (Å²) in [5.41, 5.74) is 7.66. The molecule has 0 spiro atoms. The second kappa shape index (κ2) is 7.73. The Kier molecular flexibility index (Phi) is 6.61. The Hall–Kier alpha value is -0.950. The molecule has 0 aliphatic heterocycles. The first kappa shape index (κ1) is 17.1. The molecule has 0 aromatic heterocycles. The van der Waals surface area contributed by atoms with Gasteiger partial charge in [0.2, 0.25) is 0 Å². The van der Waals surface area contributed by atoms with Crippen LogP contribution in [0.5, 0.6) is 0 Å². The van der Waals surface area contributed by atoms with E-state index in [2.05, 4.69) is 0 Å². The zero-order valence-electron chi connectivity index (χ0n) is 12.5. The molecule has 0 fully saturated rings. The SMILES string of the molecule is CCN(CC)S(=O)(=O)N(CC)Cc1ccccc1CN. The molecule has 0 radical (unpaired) electrons. The molecule has 20 heavy (non-hydrogen) atoms. The van der Waals surface area contributed by atoms with Crippen LogP contribution >= 0.6 is 0 Å². The Morgan fingerprint density at radius 2 is 1.45 bits per heavy atom. The molecule has 0 heterocycles. The average molecular weight is 299 g/mol. The van der Waals surface area contributed by atoms with Crippen molar-refractivity contribution in [3.8, 4) is 0 Å². The van der Waals surface area contributed by atoms with Crippen LogP contribution in [0.25, 0.3) is 0 Å². The van der Waals surface area contributed by atoms with E-state index in [1.54, 1.807) is 0 Å². The lowest BCUT2D eigenvalue weighted by atomic mass is 10.1. The van der Waals surface area contributed by atoms with Crippen molar-refractivity contribution in [2.45, 2.75) is 33.9 Å². The van der Waals surface area contributed by atoms with Gasteiger partial charge in [0.1, 0.15) is 0 Å². The fourth-order valence-corrected chi connectivity index (χ4v) is 3.78. The molecule has 1 aromatic carbocycles. The van der Waals surface area contributed by atoms with Gasteiger partial charge in [-0.05, 0) is 11.1 Å². The summed E-state index contributed by atoms with van der Waals surface area (Å²) in [4.78, 5) is 0. The third-order valence-electron chi connectivity index (χ3n) is 3.40. The van der Waals surface area contributed by atoms with Crippen molar-refractivity contribution in [1.82, 2.24) is 8.61 Å². The number of nitrogens with two attached hydrogens (primary N) is 1. The fourth-order valence-electron chi connectivity index (χ4n) is 2.17. The molecule has 114 valence electrons. The van der Waals surface area contributed by atoms with Gasteiger partial charge in [-0.15, -0.1) is 0 Å². The van der Waals surface area contributed by atoms with Gasteiger partial charge in [-0.2, -0.15) is 17.0 Å². The van der Waals surface area contributed by atoms with Crippen LogP contribution in [0.3, 0.4) is 0 Å². The molecule has 5 nitrogen and oxygen atoms in total. The molecule has 0 bridgehead atoms. The number of hydrogen-bond donors (Lipinski definition) is 1. The van der Waals surface area contributed by atoms with Gasteiger partial charge in [-0.3, -0.25) is 0 Å². The Morgan fingerprint density at radius 1 is 0.950 bits per heavy atom. The quantitative estimate of drug-likeness (QED) is 0.792. The minimum atomic E-state index is -3.41. The highest BCUT2D eigenvalue weighted by atomic mass is 32.2. The monoisotopic (exact) mass is 299 g/mol. The van der Waals surface area contributed by atoms with E-state index in [-0.39, 0.29) is 0 Å². The molecule has 0 aliphatic rings. The summed E-state index contributed by atoms with van der Waals surface area (Å²) < 4.78 is 28.1. The minimum absolute atomic E-state index is 0.364. The van der Waals surface area contributed by atoms with Crippen LogP contribution in [0, 0.1) is 0 Å². The molecule has 0 aliphatic carbocycles. The van der Waals surface area contributed by atoms with E-state index in [4.69, 9.17) is 5.73 Å². The van der Waals surface area contributed by atoms with Gasteiger partial charge in [0, 0.05) is 32.7 Å². The van der Waals surface area contributed by atoms with Crippen molar-refractivity contribution in [2.24, 2.45) is 5.73 Å². The van der Waals surface area contributed by atoms with E-state index in [9.17, 15) is 8.42 Å². The van der Waals surface area contributed by atoms with Crippen LogP contribution in [-0.4, -0.2) is 36.7 Å². The van der Waals surface area contributed by atoms with Crippen LogP contribution in [-0.2, 0) is 23.3 Å². The zero-order valence-corrected chi connectivity index (χ0v) is 13.4. The Labute approximate surface area is 122 Å². The molecule has 0 saturated carbocycles. The summed E-state index contributed by atoms with van der Waals surface area (Å²) in [6.07, 6.45) is 0. The van der Waals surface area contributed by atoms with Crippen LogP contribution in [0.15, 0.2) is 24.3 Å². The van der Waals surface area contributed by atoms with E-state index >= 15 is 0 Å². The van der Waals surface area contributed by atoms with Crippen molar-refractivity contribution in [3.05, 3.63) is 35.4 Å². The van der Waals surface area contributed by atoms with E-state index in [1.165, 1.54) is 8.61 Å². The first-order valence-electron chi connectivity index (χ1n) is 7.03. The van der Waals surface area contributed by atoms with Gasteiger partial charge < -0.3 is 5.73 Å². The van der Waals surface area contributed by atoms with Crippen molar-refractivity contribution >= 4 is 10.2 Å². The molecule has 0 saturated heterocycles. The van der Waals surface area contributed by atoms with Gasteiger partial charge in [0.15, 0.2) is 0 Å². The Balaban J connectivity index is 3.03. The highest BCUT2D eigenvalue weighted by molar-refractivity contribution is 7.86. The Morgan fingerprint density at radius 3 is 1.90 bits per heavy atom. The van der Waals surface area contributed by atoms with E-state index in [0.29, 0.717) is 32.7 Å². The largest absolute Gasteiger partial charge is 0.326 e. The molecule has 0 amide bonds. The normalized spacial score (nSPS) is 12.3. The van der Waals surface area contributed by atoms with E-state index in [1.807, 2.05) is 45.0 Å². The maximum atomic E-state index is 12.5. The van der Waals surface area contributed by atoms with Gasteiger partial charge in [0.05, 0.1) is 0 Å². The summed E-state index contributed by atoms with van der Waals surface area (Å²) in [6.45, 7) is 7.73. The van der Waals surface area contributed by atoms with Crippen LogP contribution in [0.4, 0.5) is 0 Å². The summed E-state index contributed by atoms with van der Waals surface area (Å²) in [5.74, 6) is 0. The predicted octanol–water partition coefficient (Wildman–Crippen LogP) is 1.55. The van der Waals surface area contributed by atoms with Gasteiger partial charge in [-0.1, -0.05) is 45.0 Å². The topological polar surface area (TPSA) is 66.6 Å². The molecule has 6 heteroatoms. The number of rotatable bonds is 8. The summed E-state index contributed by atoms with van der Waals surface area (Å²) in [5, 5.41) is 0. The lowest BCUT2D eigenvalue weighted by Crippen LogP contribution is -2.43. The smallest absolute Gasteiger partial charge is 0.282 e. The lowest BCUT2D eigenvalue weighted by molar-refractivity contribution is 0.352. The molecule has 0 unspecified atom stereocenters. The maximum Gasteiger partial charge on any atom is 0.282 e. The Bertz CT molecular complexity index is 513. The summed E-state index contributed by atoms with van der Waals surface area (Å²) in [6, 6.07) is 7.70. The van der Waals surface area contributed by atoms with E-state index in [0.717, 1.165) is 11.1 Å². The highest BCUT2D eigenvalue weighted by Gasteiger charge is 2.26. The van der Waals surface area contributed by atoms with Gasteiger partial charge in [-0.25, -0.2) is 0 Å². The predicted molar refractivity (Wildman–Crippen MR) is 82.3 cm³/mol. The summed E-state index contributed by atoms with van der Waals surface area (Å²) in [7, 11) is -3.41. The second-order valence-corrected chi connectivity index (χ2v) is 6.42. The van der Waals surface area contributed by atoms with Crippen molar-refractivity contribution in [3.63, 3.8) is 0 Å². The zero-order chi connectivity index (χ0) is 15.2. The van der Waals surface area contributed by atoms with Crippen LogP contribution in [0.2, 0.25) is 0 Å². The molecule has 2 N–H and O–H groups in total. The first-order chi connectivity index (χ1) is 9.51. The second-order valence-electron chi connectivity index (χ2n) is 4.49. The molecule has 0 atom stereocenters. The molecular formula is C14H25N3O2S. The fraction of sp³-hybridized carbons (Fsp3) is 0.571. The van der Waals surface area contributed by atoms with Crippen molar-refractivity contribution in [1.29, 1.82) is 0 Å². The number of hydrogen-bond acceptors (Lipinski definition) is 3. The standard InChI is InChI=1S/C14H25N3O2S/c1-4-16(5-2)20(18,19)17(6-3)12-14-10-8-7-9-13(14)11-15/h7-10H,4-6,11-12,15H2,1-3H3. The van der Waals surface area contributed by atoms with E-state index < -0.39 is 10.2 Å². The highest BCUT2D eigenvalue weighted by Crippen LogP contribution is 2.16. The molecule has 1 rings (SSSR count). The van der Waals surface area contributed by atoms with Crippen molar-refractivity contribution in [2.75, 3.05) is 19.6 Å². The van der Waals surface area contributed by atoms with Gasteiger partial charge >= 0.3 is 0 Å². The first-order valence-corrected chi connectivity index (χ1v) is 8.42. The third-order valence-corrected chi connectivity index (χ3v) is 5.60. The summed E-state index contributed by atoms with van der Waals surface area (Å²) >= 11 is 0. The lowest BCUT2D eigenvalue weighted by Gasteiger charge is -2.28. The van der Waals surface area contributed by atoms with Crippen LogP contribution < -0.4 is 5.73 Å². The molecule has 1 aromatic rings. The van der Waals surface area contributed by atoms with Crippen LogP contribution in [0.1, 0.15) is 31.9 Å². The third kappa shape index (κ3) is 3.79.